The number of hydrogen-bond acceptors (Lipinski definition) is 3. The number of fused-ring (bicyclic) bond motifs is 1. The van der Waals surface area contributed by atoms with Gasteiger partial charge in [0.2, 0.25) is 0 Å². The number of halogens is 2. The normalized spacial score (nSPS) is 14.2. The first-order valence-electron chi connectivity index (χ1n) is 6.23. The van der Waals surface area contributed by atoms with Crippen LogP contribution < -0.4 is 15.8 Å². The van der Waals surface area contributed by atoms with Crippen LogP contribution in [-0.2, 0) is 4.79 Å². The predicted octanol–water partition coefficient (Wildman–Crippen LogP) is 2.39. The van der Waals surface area contributed by atoms with Crippen LogP contribution in [-0.4, -0.2) is 25.1 Å². The second-order valence-electron chi connectivity index (χ2n) is 4.66. The molecule has 0 saturated heterocycles. The third-order valence-corrected chi connectivity index (χ3v) is 3.10. The number of rotatable bonds is 4. The zero-order chi connectivity index (χ0) is 13.8. The molecule has 1 aromatic carbocycles. The van der Waals surface area contributed by atoms with E-state index in [1.54, 1.807) is 18.2 Å². The molecule has 1 aliphatic heterocycles. The quantitative estimate of drug-likeness (QED) is 0.896. The number of hydrogen-bond donors (Lipinski definition) is 2. The maximum Gasteiger partial charge on any atom is 0.250 e. The summed E-state index contributed by atoms with van der Waals surface area (Å²) in [5.41, 5.74) is 7.06. The summed E-state index contributed by atoms with van der Waals surface area (Å²) < 4.78 is 5.53. The van der Waals surface area contributed by atoms with Crippen LogP contribution in [0, 0.1) is 0 Å². The first kappa shape index (κ1) is 16.8. The summed E-state index contributed by atoms with van der Waals surface area (Å²) in [6, 6.07) is 5.43. The van der Waals surface area contributed by atoms with E-state index in [0.717, 1.165) is 17.7 Å². The van der Waals surface area contributed by atoms with Crippen molar-refractivity contribution in [2.75, 3.05) is 13.2 Å². The molecule has 1 amide bonds. The molecule has 1 aromatic rings. The highest BCUT2D eigenvalue weighted by Gasteiger charge is 2.17. The summed E-state index contributed by atoms with van der Waals surface area (Å²) in [6.07, 6.45) is 2.56. The van der Waals surface area contributed by atoms with Crippen molar-refractivity contribution in [3.8, 4) is 5.75 Å². The minimum absolute atomic E-state index is 0. The largest absolute Gasteiger partial charge is 0.488 e. The van der Waals surface area contributed by atoms with Gasteiger partial charge in [-0.05, 0) is 37.6 Å². The van der Waals surface area contributed by atoms with Crippen LogP contribution in [0.5, 0.6) is 5.75 Å². The van der Waals surface area contributed by atoms with Crippen molar-refractivity contribution in [1.29, 1.82) is 0 Å². The molecule has 110 valence electrons. The second kappa shape index (κ2) is 7.53. The second-order valence-corrected chi connectivity index (χ2v) is 5.10. The van der Waals surface area contributed by atoms with E-state index >= 15 is 0 Å². The first-order valence-corrected chi connectivity index (χ1v) is 6.61. The molecular weight excluding hydrogens is 299 g/mol. The molecule has 0 bridgehead atoms. The third-order valence-electron chi connectivity index (χ3n) is 2.86. The van der Waals surface area contributed by atoms with Crippen molar-refractivity contribution in [1.82, 2.24) is 5.32 Å². The maximum absolute atomic E-state index is 11.9. The zero-order valence-electron chi connectivity index (χ0n) is 11.2. The lowest BCUT2D eigenvalue weighted by Crippen LogP contribution is -2.32. The molecular formula is C14H18Cl2N2O2. The van der Waals surface area contributed by atoms with Gasteiger partial charge in [0.1, 0.15) is 12.4 Å². The van der Waals surface area contributed by atoms with Gasteiger partial charge in [-0.3, -0.25) is 4.79 Å². The number of benzene rings is 1. The topological polar surface area (TPSA) is 64.3 Å². The number of nitrogens with one attached hydrogen (secondary N) is 1. The lowest BCUT2D eigenvalue weighted by molar-refractivity contribution is -0.117. The van der Waals surface area contributed by atoms with E-state index < -0.39 is 0 Å². The smallest absolute Gasteiger partial charge is 0.250 e. The highest BCUT2D eigenvalue weighted by atomic mass is 35.5. The Labute approximate surface area is 129 Å². The molecule has 3 N–H and O–H groups in total. The van der Waals surface area contributed by atoms with Crippen LogP contribution in [0.3, 0.4) is 0 Å². The molecule has 6 heteroatoms. The number of nitrogens with two attached hydrogens (primary N) is 1. The monoisotopic (exact) mass is 316 g/mol. The molecule has 0 radical (unpaired) electrons. The average Bonchev–Trinajstić information content (AvgIpc) is 2.37. The van der Waals surface area contributed by atoms with Crippen LogP contribution in [0.25, 0.3) is 6.08 Å². The lowest BCUT2D eigenvalue weighted by Gasteiger charge is -2.18. The summed E-state index contributed by atoms with van der Waals surface area (Å²) in [6.45, 7) is 2.75. The highest BCUT2D eigenvalue weighted by Crippen LogP contribution is 2.28. The Hall–Kier alpha value is -1.23. The van der Waals surface area contributed by atoms with E-state index in [1.807, 2.05) is 13.0 Å². The summed E-state index contributed by atoms with van der Waals surface area (Å²) in [5, 5.41) is 3.45. The molecule has 0 aromatic heterocycles. The number of ether oxygens (including phenoxy) is 1. The van der Waals surface area contributed by atoms with Gasteiger partial charge in [-0.25, -0.2) is 0 Å². The molecule has 0 aliphatic carbocycles. The molecule has 1 heterocycles. The maximum atomic E-state index is 11.9. The minimum atomic E-state index is -0.119. The first-order chi connectivity index (χ1) is 9.06. The molecule has 4 nitrogen and oxygen atoms in total. The van der Waals surface area contributed by atoms with Crippen LogP contribution in [0.4, 0.5) is 0 Å². The van der Waals surface area contributed by atoms with Crippen molar-refractivity contribution in [2.24, 2.45) is 5.73 Å². The standard InChI is InChI=1S/C14H17ClN2O2.ClH/c1-9(16)4-5-17-14(18)11-6-10-7-12(15)2-3-13(10)19-8-11;/h2-3,6-7,9H,4-5,8,16H2,1H3,(H,17,18);1H. The Kier molecular flexibility index (Phi) is 6.33. The van der Waals surface area contributed by atoms with E-state index in [2.05, 4.69) is 5.32 Å². The molecule has 0 saturated carbocycles. The van der Waals surface area contributed by atoms with Crippen molar-refractivity contribution >= 4 is 36.0 Å². The summed E-state index contributed by atoms with van der Waals surface area (Å²) in [7, 11) is 0. The van der Waals surface area contributed by atoms with Crippen molar-refractivity contribution < 1.29 is 9.53 Å². The lowest BCUT2D eigenvalue weighted by atomic mass is 10.1. The zero-order valence-corrected chi connectivity index (χ0v) is 12.8. The van der Waals surface area contributed by atoms with Crippen LogP contribution >= 0.6 is 24.0 Å². The molecule has 1 atom stereocenters. The van der Waals surface area contributed by atoms with Gasteiger partial charge < -0.3 is 15.8 Å². The van der Waals surface area contributed by atoms with Crippen LogP contribution in [0.15, 0.2) is 23.8 Å². The summed E-state index contributed by atoms with van der Waals surface area (Å²) >= 11 is 5.92. The average molecular weight is 317 g/mol. The van der Waals surface area contributed by atoms with Gasteiger partial charge >= 0.3 is 0 Å². The van der Waals surface area contributed by atoms with Crippen LogP contribution in [0.2, 0.25) is 5.02 Å². The summed E-state index contributed by atoms with van der Waals surface area (Å²) in [4.78, 5) is 11.9. The van der Waals surface area contributed by atoms with E-state index in [1.165, 1.54) is 0 Å². The Morgan fingerprint density at radius 3 is 3.00 bits per heavy atom. The predicted molar refractivity (Wildman–Crippen MR) is 83.4 cm³/mol. The fourth-order valence-corrected chi connectivity index (χ4v) is 1.99. The molecule has 1 unspecified atom stereocenters. The Bertz CT molecular complexity index is 516. The van der Waals surface area contributed by atoms with Crippen LogP contribution in [0.1, 0.15) is 18.9 Å². The minimum Gasteiger partial charge on any atom is -0.488 e. The molecule has 0 spiro atoms. The third kappa shape index (κ3) is 4.40. The molecule has 0 fully saturated rings. The van der Waals surface area contributed by atoms with Gasteiger partial charge in [0.05, 0.1) is 5.57 Å². The highest BCUT2D eigenvalue weighted by molar-refractivity contribution is 6.30. The van der Waals surface area contributed by atoms with Crippen molar-refractivity contribution in [3.05, 3.63) is 34.4 Å². The molecule has 20 heavy (non-hydrogen) atoms. The Balaban J connectivity index is 0.00000200. The van der Waals surface area contributed by atoms with Gasteiger partial charge in [-0.2, -0.15) is 0 Å². The van der Waals surface area contributed by atoms with Gasteiger partial charge in [0.25, 0.3) is 5.91 Å². The van der Waals surface area contributed by atoms with Gasteiger partial charge in [-0.1, -0.05) is 11.6 Å². The number of carbonyl (C=O) groups excluding carboxylic acids is 1. The Morgan fingerprint density at radius 2 is 2.30 bits per heavy atom. The fourth-order valence-electron chi connectivity index (χ4n) is 1.81. The van der Waals surface area contributed by atoms with Gasteiger partial charge in [0, 0.05) is 23.2 Å². The van der Waals surface area contributed by atoms with Crippen molar-refractivity contribution in [2.45, 2.75) is 19.4 Å². The van der Waals surface area contributed by atoms with E-state index in [-0.39, 0.29) is 31.0 Å². The SMILES string of the molecule is CC(N)CCNC(=O)C1=Cc2cc(Cl)ccc2OC1.Cl. The van der Waals surface area contributed by atoms with E-state index in [4.69, 9.17) is 22.1 Å². The number of carbonyl (C=O) groups is 1. The molecule has 1 aliphatic rings. The molecule has 2 rings (SSSR count). The van der Waals surface area contributed by atoms with E-state index in [0.29, 0.717) is 17.1 Å². The van der Waals surface area contributed by atoms with E-state index in [9.17, 15) is 4.79 Å². The van der Waals surface area contributed by atoms with Gasteiger partial charge in [-0.15, -0.1) is 12.4 Å². The fraction of sp³-hybridized carbons (Fsp3) is 0.357. The summed E-state index contributed by atoms with van der Waals surface area (Å²) in [5.74, 6) is 0.628. The van der Waals surface area contributed by atoms with Gasteiger partial charge in [0.15, 0.2) is 0 Å². The number of amides is 1. The van der Waals surface area contributed by atoms with Crippen molar-refractivity contribution in [3.63, 3.8) is 0 Å². The Morgan fingerprint density at radius 1 is 1.55 bits per heavy atom.